The first-order chi connectivity index (χ1) is 21.2. The van der Waals surface area contributed by atoms with E-state index in [4.69, 9.17) is 22.3 Å². The van der Waals surface area contributed by atoms with Crippen LogP contribution in [0.1, 0.15) is 25.3 Å². The van der Waals surface area contributed by atoms with Crippen LogP contribution in [-0.4, -0.2) is 19.7 Å². The Morgan fingerprint density at radius 2 is 0.977 bits per heavy atom. The van der Waals surface area contributed by atoms with Gasteiger partial charge in [0.2, 0.25) is 0 Å². The minimum Gasteiger partial charge on any atom is -0.497 e. The lowest BCUT2D eigenvalue weighted by Gasteiger charge is -2.00. The predicted molar refractivity (Wildman–Crippen MR) is 171 cm³/mol. The molecule has 43 heavy (non-hydrogen) atoms. The Bertz CT molecular complexity index is 1840. The van der Waals surface area contributed by atoms with E-state index in [1.165, 1.54) is 6.08 Å². The Kier molecular flexibility index (Phi) is 24.0. The third-order valence-corrected chi connectivity index (χ3v) is 3.73. The van der Waals surface area contributed by atoms with Crippen LogP contribution in [0.15, 0.2) is 30.3 Å². The molecule has 0 bridgehead atoms. The van der Waals surface area contributed by atoms with Crippen molar-refractivity contribution in [1.82, 2.24) is 0 Å². The number of hydrogen-bond donors (Lipinski definition) is 0. The van der Waals surface area contributed by atoms with Crippen molar-refractivity contribution in [3.8, 4) is 161 Å². The molecule has 0 N–H and O–H groups in total. The maximum Gasteiger partial charge on any atom is 0.330 e. The standard InChI is InChI=1S/C26H2.C14H18O3/c1-3-5-7-9-11-13-15-17-19-21-23-25-26-24-22-20-18-16-14-12-10-8-6-4-2;1-3-4-11-17-14(15)10-7-12-5-8-13(16-2)9-6-12/h1-2H;5-10H,3-4,11H2,1-2H3/b;10-7+. The molecule has 1 rings (SSSR count). The molecule has 1 aromatic carbocycles. The summed E-state index contributed by atoms with van der Waals surface area (Å²) in [5, 5.41) is 0. The molecule has 3 nitrogen and oxygen atoms in total. The van der Waals surface area contributed by atoms with Gasteiger partial charge in [0.25, 0.3) is 0 Å². The van der Waals surface area contributed by atoms with Crippen LogP contribution in [0.4, 0.5) is 0 Å². The third kappa shape index (κ3) is 25.9. The molecule has 0 unspecified atom stereocenters. The van der Waals surface area contributed by atoms with E-state index in [9.17, 15) is 4.79 Å². The van der Waals surface area contributed by atoms with Gasteiger partial charge in [0, 0.05) is 53.4 Å². The molecule has 0 aliphatic rings. The Morgan fingerprint density at radius 1 is 0.628 bits per heavy atom. The highest BCUT2D eigenvalue weighted by Crippen LogP contribution is 2.12. The smallest absolute Gasteiger partial charge is 0.330 e. The molecule has 0 spiro atoms. The number of carbonyl (C=O) groups is 1. The van der Waals surface area contributed by atoms with Gasteiger partial charge in [-0.1, -0.05) is 25.5 Å². The number of methoxy groups -OCH3 is 1. The fraction of sp³-hybridized carbons (Fsp3) is 0.125. The largest absolute Gasteiger partial charge is 0.497 e. The minimum atomic E-state index is -0.297. The molecule has 0 aromatic heterocycles. The zero-order chi connectivity index (χ0) is 31.5. The van der Waals surface area contributed by atoms with Gasteiger partial charge in [-0.2, -0.15) is 0 Å². The Hall–Kier alpha value is -7.49. The zero-order valence-corrected chi connectivity index (χ0v) is 23.5. The SMILES string of the molecule is C#CC#CC#CC#CC#CC#CC#CC#CC#CC#CC#CC#CC#C.CCCCOC(=O)/C=C/c1ccc(OC)cc1. The van der Waals surface area contributed by atoms with Gasteiger partial charge < -0.3 is 9.47 Å². The maximum atomic E-state index is 11.3. The van der Waals surface area contributed by atoms with E-state index in [-0.39, 0.29) is 5.97 Å². The molecule has 0 saturated heterocycles. The number of carbonyl (C=O) groups excluding carboxylic acids is 1. The van der Waals surface area contributed by atoms with Crippen molar-refractivity contribution in [2.24, 2.45) is 0 Å². The average molecular weight is 549 g/mol. The Balaban J connectivity index is 0.000000892. The van der Waals surface area contributed by atoms with Crippen LogP contribution in [0.5, 0.6) is 5.75 Å². The molecule has 0 radical (unpaired) electrons. The maximum absolute atomic E-state index is 11.3. The number of unbranched alkanes of at least 4 members (excludes halogenated alkanes) is 1. The van der Waals surface area contributed by atoms with Gasteiger partial charge >= 0.3 is 5.97 Å². The summed E-state index contributed by atoms with van der Waals surface area (Å²) in [5.41, 5.74) is 0.943. The second-order valence-electron chi connectivity index (χ2n) is 6.67. The highest BCUT2D eigenvalue weighted by Gasteiger charge is 1.96. The Labute approximate surface area is 256 Å². The normalized spacial score (nSPS) is 6.42. The van der Waals surface area contributed by atoms with Gasteiger partial charge in [0.05, 0.1) is 13.7 Å². The van der Waals surface area contributed by atoms with Crippen molar-refractivity contribution in [2.75, 3.05) is 13.7 Å². The van der Waals surface area contributed by atoms with Crippen molar-refractivity contribution in [3.63, 3.8) is 0 Å². The van der Waals surface area contributed by atoms with Gasteiger partial charge in [0.1, 0.15) is 5.75 Å². The Morgan fingerprint density at radius 3 is 1.28 bits per heavy atom. The molecule has 0 atom stereocenters. The van der Waals surface area contributed by atoms with Crippen LogP contribution in [0, 0.1) is 155 Å². The summed E-state index contributed by atoms with van der Waals surface area (Å²) in [6, 6.07) is 7.47. The van der Waals surface area contributed by atoms with Crippen LogP contribution in [0.3, 0.4) is 0 Å². The topological polar surface area (TPSA) is 35.5 Å². The number of benzene rings is 1. The van der Waals surface area contributed by atoms with E-state index in [0.29, 0.717) is 6.61 Å². The molecule has 0 heterocycles. The fourth-order valence-corrected chi connectivity index (χ4v) is 1.94. The monoisotopic (exact) mass is 548 g/mol. The van der Waals surface area contributed by atoms with Crippen LogP contribution in [0.2, 0.25) is 0 Å². The molecule has 3 heteroatoms. The number of ether oxygens (including phenoxy) is 2. The predicted octanol–water partition coefficient (Wildman–Crippen LogP) is 3.34. The lowest BCUT2D eigenvalue weighted by molar-refractivity contribution is -0.137. The summed E-state index contributed by atoms with van der Waals surface area (Å²) in [7, 11) is 1.62. The molecule has 0 fully saturated rings. The summed E-state index contributed by atoms with van der Waals surface area (Å²) in [4.78, 5) is 11.3. The van der Waals surface area contributed by atoms with Crippen LogP contribution in [-0.2, 0) is 9.53 Å². The third-order valence-electron chi connectivity index (χ3n) is 3.73. The van der Waals surface area contributed by atoms with Crippen molar-refractivity contribution in [3.05, 3.63) is 35.9 Å². The van der Waals surface area contributed by atoms with E-state index in [0.717, 1.165) is 24.2 Å². The van der Waals surface area contributed by atoms with Crippen molar-refractivity contribution < 1.29 is 14.3 Å². The quantitative estimate of drug-likeness (QED) is 0.237. The van der Waals surface area contributed by atoms with E-state index in [2.05, 4.69) is 149 Å². The van der Waals surface area contributed by atoms with Gasteiger partial charge in [0.15, 0.2) is 0 Å². The second-order valence-corrected chi connectivity index (χ2v) is 6.67. The second kappa shape index (κ2) is 29.1. The van der Waals surface area contributed by atoms with Crippen molar-refractivity contribution in [2.45, 2.75) is 19.8 Å². The van der Waals surface area contributed by atoms with E-state index >= 15 is 0 Å². The fourth-order valence-electron chi connectivity index (χ4n) is 1.94. The van der Waals surface area contributed by atoms with Gasteiger partial charge in [-0.25, -0.2) is 4.79 Å². The average Bonchev–Trinajstić information content (AvgIpc) is 3.03. The molecule has 0 saturated carbocycles. The molecule has 0 amide bonds. The number of terminal acetylenes is 2. The van der Waals surface area contributed by atoms with Gasteiger partial charge in [-0.05, 0) is 125 Å². The molecular weight excluding hydrogens is 528 g/mol. The zero-order valence-electron chi connectivity index (χ0n) is 23.5. The first kappa shape index (κ1) is 35.5. The molecule has 0 aliphatic carbocycles. The molecule has 0 aliphatic heterocycles. The first-order valence-corrected chi connectivity index (χ1v) is 12.1. The van der Waals surface area contributed by atoms with Crippen LogP contribution in [0.25, 0.3) is 6.08 Å². The van der Waals surface area contributed by atoms with E-state index in [1.807, 2.05) is 24.3 Å². The van der Waals surface area contributed by atoms with Crippen LogP contribution < -0.4 is 4.74 Å². The van der Waals surface area contributed by atoms with E-state index in [1.54, 1.807) is 13.2 Å². The molecule has 198 valence electrons. The first-order valence-electron chi connectivity index (χ1n) is 12.1. The highest BCUT2D eigenvalue weighted by molar-refractivity contribution is 5.87. The highest BCUT2D eigenvalue weighted by atomic mass is 16.5. The summed E-state index contributed by atoms with van der Waals surface area (Å²) >= 11 is 0. The molecule has 1 aromatic rings. The van der Waals surface area contributed by atoms with Gasteiger partial charge in [-0.15, -0.1) is 12.8 Å². The van der Waals surface area contributed by atoms with Crippen molar-refractivity contribution >= 4 is 12.0 Å². The van der Waals surface area contributed by atoms with Crippen molar-refractivity contribution in [1.29, 1.82) is 0 Å². The number of hydrogen-bond acceptors (Lipinski definition) is 3. The minimum absolute atomic E-state index is 0.297. The summed E-state index contributed by atoms with van der Waals surface area (Å²) < 4.78 is 10.0. The lowest BCUT2D eigenvalue weighted by Crippen LogP contribution is -2.01. The van der Waals surface area contributed by atoms with Gasteiger partial charge in [-0.3, -0.25) is 0 Å². The summed E-state index contributed by atoms with van der Waals surface area (Å²) in [5.74, 6) is 58.7. The molecular formula is C40H20O3. The summed E-state index contributed by atoms with van der Waals surface area (Å²) in [6.07, 6.45) is 14.9. The number of esters is 1. The number of rotatable bonds is 6. The van der Waals surface area contributed by atoms with Crippen LogP contribution >= 0.6 is 0 Å². The lowest BCUT2D eigenvalue weighted by atomic mass is 10.2. The summed E-state index contributed by atoms with van der Waals surface area (Å²) in [6.45, 7) is 2.54. The van der Waals surface area contributed by atoms with E-state index < -0.39 is 0 Å².